The minimum atomic E-state index is -2.85. The van der Waals surface area contributed by atoms with E-state index in [0.717, 1.165) is 24.8 Å². The number of hydrogen-bond donors (Lipinski definition) is 0. The first kappa shape index (κ1) is 13.9. The van der Waals surface area contributed by atoms with Gasteiger partial charge in [-0.1, -0.05) is 0 Å². The van der Waals surface area contributed by atoms with E-state index in [2.05, 4.69) is 13.6 Å². The molecule has 20 heavy (non-hydrogen) atoms. The van der Waals surface area contributed by atoms with E-state index in [-0.39, 0.29) is 17.7 Å². The standard InChI is InChI=1S/C11H16N4O3S2/c16-11(10-7-12-19-13-10)15-4-2-14(3-5-15)9-1-6-20(17,18)8-9/h7,9H,1-6,8H2/t9-/m0/s1. The average molecular weight is 316 g/mol. The molecule has 0 spiro atoms. The maximum absolute atomic E-state index is 12.1. The van der Waals surface area contributed by atoms with Crippen LogP contribution in [0.2, 0.25) is 0 Å². The van der Waals surface area contributed by atoms with Crippen molar-refractivity contribution >= 4 is 27.5 Å². The summed E-state index contributed by atoms with van der Waals surface area (Å²) in [5.74, 6) is 0.468. The highest BCUT2D eigenvalue weighted by molar-refractivity contribution is 7.91. The molecule has 1 amide bonds. The Morgan fingerprint density at radius 3 is 2.60 bits per heavy atom. The number of nitrogens with zero attached hydrogens (tertiary/aromatic N) is 4. The van der Waals surface area contributed by atoms with Crippen LogP contribution >= 0.6 is 11.7 Å². The zero-order valence-corrected chi connectivity index (χ0v) is 12.6. The molecule has 1 atom stereocenters. The van der Waals surface area contributed by atoms with Crippen LogP contribution in [-0.4, -0.2) is 76.6 Å². The van der Waals surface area contributed by atoms with Crippen LogP contribution in [-0.2, 0) is 9.84 Å². The Morgan fingerprint density at radius 1 is 1.30 bits per heavy atom. The van der Waals surface area contributed by atoms with Gasteiger partial charge in [-0.15, -0.1) is 0 Å². The van der Waals surface area contributed by atoms with Crippen LogP contribution < -0.4 is 0 Å². The van der Waals surface area contributed by atoms with E-state index in [1.807, 2.05) is 0 Å². The fourth-order valence-corrected chi connectivity index (χ4v) is 4.94. The molecule has 0 aromatic carbocycles. The van der Waals surface area contributed by atoms with Crippen molar-refractivity contribution in [2.24, 2.45) is 0 Å². The van der Waals surface area contributed by atoms with Crippen LogP contribution in [0.4, 0.5) is 0 Å². The van der Waals surface area contributed by atoms with Crippen molar-refractivity contribution in [3.63, 3.8) is 0 Å². The highest BCUT2D eigenvalue weighted by Crippen LogP contribution is 2.19. The molecule has 3 rings (SSSR count). The van der Waals surface area contributed by atoms with Crippen molar-refractivity contribution < 1.29 is 13.2 Å². The molecule has 7 nitrogen and oxygen atoms in total. The van der Waals surface area contributed by atoms with Crippen LogP contribution in [0.15, 0.2) is 6.20 Å². The van der Waals surface area contributed by atoms with Gasteiger partial charge in [0, 0.05) is 32.2 Å². The van der Waals surface area contributed by atoms with Gasteiger partial charge >= 0.3 is 0 Å². The molecule has 0 N–H and O–H groups in total. The first-order valence-electron chi connectivity index (χ1n) is 6.56. The molecular weight excluding hydrogens is 300 g/mol. The SMILES string of the molecule is O=C(c1cnsn1)N1CCN([C@H]2CCS(=O)(=O)C2)CC1. The predicted molar refractivity (Wildman–Crippen MR) is 74.4 cm³/mol. The second-order valence-electron chi connectivity index (χ2n) is 5.18. The fourth-order valence-electron chi connectivity index (χ4n) is 2.77. The third-order valence-electron chi connectivity index (χ3n) is 3.91. The van der Waals surface area contributed by atoms with Gasteiger partial charge in [-0.25, -0.2) is 8.42 Å². The monoisotopic (exact) mass is 316 g/mol. The third kappa shape index (κ3) is 2.84. The predicted octanol–water partition coefficient (Wildman–Crippen LogP) is -0.517. The van der Waals surface area contributed by atoms with Crippen LogP contribution in [0.1, 0.15) is 16.9 Å². The van der Waals surface area contributed by atoms with Crippen LogP contribution in [0.3, 0.4) is 0 Å². The van der Waals surface area contributed by atoms with Gasteiger partial charge in [-0.2, -0.15) is 8.75 Å². The van der Waals surface area contributed by atoms with Gasteiger partial charge in [-0.3, -0.25) is 9.69 Å². The van der Waals surface area contributed by atoms with E-state index in [1.165, 1.54) is 6.20 Å². The molecule has 0 unspecified atom stereocenters. The maximum Gasteiger partial charge on any atom is 0.275 e. The molecule has 0 radical (unpaired) electrons. The minimum absolute atomic E-state index is 0.0857. The molecular formula is C11H16N4O3S2. The van der Waals surface area contributed by atoms with Gasteiger partial charge in [-0.05, 0) is 6.42 Å². The summed E-state index contributed by atoms with van der Waals surface area (Å²) in [4.78, 5) is 16.1. The molecule has 1 aromatic heterocycles. The van der Waals surface area contributed by atoms with E-state index in [1.54, 1.807) is 4.90 Å². The van der Waals surface area contributed by atoms with E-state index in [9.17, 15) is 13.2 Å². The van der Waals surface area contributed by atoms with Crippen molar-refractivity contribution in [3.8, 4) is 0 Å². The van der Waals surface area contributed by atoms with E-state index >= 15 is 0 Å². The molecule has 2 aliphatic rings. The van der Waals surface area contributed by atoms with Crippen LogP contribution in [0.5, 0.6) is 0 Å². The summed E-state index contributed by atoms with van der Waals surface area (Å²) in [6.45, 7) is 2.69. The summed E-state index contributed by atoms with van der Waals surface area (Å²) in [7, 11) is -2.85. The summed E-state index contributed by atoms with van der Waals surface area (Å²) >= 11 is 1.03. The summed E-state index contributed by atoms with van der Waals surface area (Å²) in [6, 6.07) is 0.123. The third-order valence-corrected chi connectivity index (χ3v) is 6.14. The highest BCUT2D eigenvalue weighted by Gasteiger charge is 2.34. The minimum Gasteiger partial charge on any atom is -0.335 e. The normalized spacial score (nSPS) is 26.8. The van der Waals surface area contributed by atoms with Crippen molar-refractivity contribution in [1.82, 2.24) is 18.5 Å². The second-order valence-corrected chi connectivity index (χ2v) is 7.96. The van der Waals surface area contributed by atoms with Gasteiger partial charge in [0.05, 0.1) is 29.4 Å². The lowest BCUT2D eigenvalue weighted by atomic mass is 10.2. The summed E-state index contributed by atoms with van der Waals surface area (Å²) in [6.07, 6.45) is 2.20. The molecule has 1 aromatic rings. The largest absolute Gasteiger partial charge is 0.335 e. The molecule has 2 aliphatic heterocycles. The zero-order chi connectivity index (χ0) is 14.2. The lowest BCUT2D eigenvalue weighted by molar-refractivity contribution is 0.0583. The highest BCUT2D eigenvalue weighted by atomic mass is 32.2. The number of carbonyl (C=O) groups excluding carboxylic acids is 1. The maximum atomic E-state index is 12.1. The van der Waals surface area contributed by atoms with Gasteiger partial charge in [0.15, 0.2) is 15.5 Å². The first-order valence-corrected chi connectivity index (χ1v) is 9.12. The summed E-state index contributed by atoms with van der Waals surface area (Å²) in [5.41, 5.74) is 0.395. The number of aromatic nitrogens is 2. The van der Waals surface area contributed by atoms with Crippen molar-refractivity contribution in [2.75, 3.05) is 37.7 Å². The number of rotatable bonds is 2. The lowest BCUT2D eigenvalue weighted by Crippen LogP contribution is -2.52. The Morgan fingerprint density at radius 2 is 2.05 bits per heavy atom. The van der Waals surface area contributed by atoms with E-state index in [4.69, 9.17) is 0 Å². The van der Waals surface area contributed by atoms with Crippen molar-refractivity contribution in [2.45, 2.75) is 12.5 Å². The Hall–Kier alpha value is -1.06. The smallest absolute Gasteiger partial charge is 0.275 e. The molecule has 2 fully saturated rings. The zero-order valence-electron chi connectivity index (χ0n) is 10.9. The second kappa shape index (κ2) is 5.38. The Balaban J connectivity index is 1.56. The number of carbonyl (C=O) groups is 1. The lowest BCUT2D eigenvalue weighted by Gasteiger charge is -2.37. The summed E-state index contributed by atoms with van der Waals surface area (Å²) < 4.78 is 30.8. The summed E-state index contributed by atoms with van der Waals surface area (Å²) in [5, 5.41) is 0. The van der Waals surface area contributed by atoms with Crippen LogP contribution in [0.25, 0.3) is 0 Å². The van der Waals surface area contributed by atoms with E-state index < -0.39 is 9.84 Å². The van der Waals surface area contributed by atoms with Gasteiger partial charge < -0.3 is 4.90 Å². The Kier molecular flexibility index (Phi) is 3.74. The number of piperazine rings is 1. The Labute approximate surface area is 121 Å². The van der Waals surface area contributed by atoms with Gasteiger partial charge in [0.25, 0.3) is 5.91 Å². The van der Waals surface area contributed by atoms with Gasteiger partial charge in [0.2, 0.25) is 0 Å². The van der Waals surface area contributed by atoms with Crippen molar-refractivity contribution in [1.29, 1.82) is 0 Å². The van der Waals surface area contributed by atoms with Crippen molar-refractivity contribution in [3.05, 3.63) is 11.9 Å². The van der Waals surface area contributed by atoms with Crippen LogP contribution in [0, 0.1) is 0 Å². The molecule has 3 heterocycles. The van der Waals surface area contributed by atoms with E-state index in [0.29, 0.717) is 31.0 Å². The molecule has 0 aliphatic carbocycles. The first-order chi connectivity index (χ1) is 9.55. The molecule has 0 bridgehead atoms. The fraction of sp³-hybridized carbons (Fsp3) is 0.727. The number of sulfone groups is 1. The quantitative estimate of drug-likeness (QED) is 0.730. The molecule has 110 valence electrons. The molecule has 9 heteroatoms. The molecule has 2 saturated heterocycles. The topological polar surface area (TPSA) is 83.5 Å². The van der Waals surface area contributed by atoms with Gasteiger partial charge in [0.1, 0.15) is 0 Å². The number of amides is 1. The number of hydrogen-bond acceptors (Lipinski definition) is 7. The Bertz CT molecular complexity index is 579. The molecule has 0 saturated carbocycles. The average Bonchev–Trinajstić information content (AvgIpc) is 3.07.